The number of nitrogens with one attached hydrogen (secondary N) is 1. The summed E-state index contributed by atoms with van der Waals surface area (Å²) in [6.45, 7) is -0.315. The Morgan fingerprint density at radius 1 is 1.31 bits per heavy atom. The Labute approximate surface area is 167 Å². The molecule has 10 heteroatoms. The number of guanidine groups is 1. The average molecular weight is 414 g/mol. The van der Waals surface area contributed by atoms with Crippen molar-refractivity contribution in [2.45, 2.75) is 32.1 Å². The van der Waals surface area contributed by atoms with Crippen molar-refractivity contribution in [3.05, 3.63) is 29.6 Å². The lowest BCUT2D eigenvalue weighted by Crippen LogP contribution is -2.55. The van der Waals surface area contributed by atoms with Crippen LogP contribution in [0.2, 0.25) is 0 Å². The second kappa shape index (κ2) is 9.82. The maximum Gasteiger partial charge on any atom is 0.387 e. The van der Waals surface area contributed by atoms with Crippen molar-refractivity contribution in [1.82, 2.24) is 15.1 Å². The van der Waals surface area contributed by atoms with Crippen LogP contribution in [-0.2, 0) is 16.1 Å². The molecule has 1 aromatic rings. The highest BCUT2D eigenvalue weighted by atomic mass is 19.3. The lowest BCUT2D eigenvalue weighted by molar-refractivity contribution is -0.142. The molecule has 3 rings (SSSR count). The predicted molar refractivity (Wildman–Crippen MR) is 100 cm³/mol. The van der Waals surface area contributed by atoms with E-state index in [2.05, 4.69) is 15.0 Å². The number of nitrogens with zero attached hydrogens (tertiary/aromatic N) is 3. The van der Waals surface area contributed by atoms with Crippen LogP contribution in [-0.4, -0.2) is 74.2 Å². The summed E-state index contributed by atoms with van der Waals surface area (Å²) < 4.78 is 49.1. The number of benzene rings is 1. The van der Waals surface area contributed by atoms with Gasteiger partial charge in [0, 0.05) is 51.9 Å². The van der Waals surface area contributed by atoms with E-state index >= 15 is 0 Å². The predicted octanol–water partition coefficient (Wildman–Crippen LogP) is 1.83. The van der Waals surface area contributed by atoms with Crippen LogP contribution >= 0.6 is 0 Å². The van der Waals surface area contributed by atoms with Crippen molar-refractivity contribution in [3.63, 3.8) is 0 Å². The number of piperazine rings is 1. The molecule has 2 aliphatic heterocycles. The van der Waals surface area contributed by atoms with Gasteiger partial charge in [0.15, 0.2) is 5.96 Å². The van der Waals surface area contributed by atoms with Gasteiger partial charge >= 0.3 is 6.61 Å². The van der Waals surface area contributed by atoms with E-state index in [0.717, 1.165) is 12.8 Å². The molecule has 160 valence electrons. The van der Waals surface area contributed by atoms with E-state index in [9.17, 15) is 18.0 Å². The monoisotopic (exact) mass is 414 g/mol. The lowest BCUT2D eigenvalue weighted by atomic mass is 10.2. The van der Waals surface area contributed by atoms with E-state index in [0.29, 0.717) is 38.7 Å². The smallest absolute Gasteiger partial charge is 0.387 e. The number of aliphatic imine (C=N–C) groups is 1. The first-order chi connectivity index (χ1) is 14.0. The highest BCUT2D eigenvalue weighted by Gasteiger charge is 2.31. The Balaban J connectivity index is 1.56. The van der Waals surface area contributed by atoms with Gasteiger partial charge in [-0.25, -0.2) is 4.39 Å². The highest BCUT2D eigenvalue weighted by Crippen LogP contribution is 2.23. The Morgan fingerprint density at radius 2 is 2.03 bits per heavy atom. The Kier molecular flexibility index (Phi) is 7.18. The van der Waals surface area contributed by atoms with Gasteiger partial charge in [0.1, 0.15) is 17.7 Å². The molecule has 1 N–H and O–H groups in total. The minimum Gasteiger partial charge on any atom is -0.434 e. The van der Waals surface area contributed by atoms with Gasteiger partial charge in [-0.2, -0.15) is 8.78 Å². The summed E-state index contributed by atoms with van der Waals surface area (Å²) in [6, 6.07) is 3.80. The number of halogens is 3. The van der Waals surface area contributed by atoms with E-state index < -0.39 is 12.4 Å². The molecule has 2 saturated heterocycles. The van der Waals surface area contributed by atoms with Crippen LogP contribution in [0.3, 0.4) is 0 Å². The summed E-state index contributed by atoms with van der Waals surface area (Å²) in [5.74, 6) is -0.335. The quantitative estimate of drug-likeness (QED) is 0.588. The van der Waals surface area contributed by atoms with Gasteiger partial charge in [-0.1, -0.05) is 6.07 Å². The third-order valence-corrected chi connectivity index (χ3v) is 5.02. The summed E-state index contributed by atoms with van der Waals surface area (Å²) >= 11 is 0. The molecule has 1 aromatic carbocycles. The minimum atomic E-state index is -3.04. The topological polar surface area (TPSA) is 66.4 Å². The molecular formula is C19H25F3N4O3. The zero-order chi connectivity index (χ0) is 20.8. The van der Waals surface area contributed by atoms with Crippen molar-refractivity contribution >= 4 is 11.9 Å². The van der Waals surface area contributed by atoms with Gasteiger partial charge < -0.3 is 24.6 Å². The lowest BCUT2D eigenvalue weighted by Gasteiger charge is -2.37. The largest absolute Gasteiger partial charge is 0.434 e. The van der Waals surface area contributed by atoms with Crippen LogP contribution < -0.4 is 10.1 Å². The van der Waals surface area contributed by atoms with Crippen LogP contribution in [0, 0.1) is 5.82 Å². The summed E-state index contributed by atoms with van der Waals surface area (Å²) in [6.07, 6.45) is 1.32. The van der Waals surface area contributed by atoms with Gasteiger partial charge in [0.25, 0.3) is 5.91 Å². The fourth-order valence-electron chi connectivity index (χ4n) is 3.53. The first-order valence-corrected chi connectivity index (χ1v) is 9.57. The normalized spacial score (nSPS) is 20.3. The number of alkyl halides is 2. The van der Waals surface area contributed by atoms with E-state index in [-0.39, 0.29) is 29.9 Å². The number of ether oxygens (including phenoxy) is 2. The molecule has 1 amide bonds. The fourth-order valence-corrected chi connectivity index (χ4v) is 3.53. The van der Waals surface area contributed by atoms with Crippen molar-refractivity contribution in [2.24, 2.45) is 4.99 Å². The molecule has 0 bridgehead atoms. The number of carbonyl (C=O) groups is 1. The molecular weight excluding hydrogens is 389 g/mol. The molecule has 2 aliphatic rings. The van der Waals surface area contributed by atoms with Gasteiger partial charge in [-0.3, -0.25) is 9.79 Å². The molecule has 1 unspecified atom stereocenters. The van der Waals surface area contributed by atoms with Crippen LogP contribution in [0.15, 0.2) is 23.2 Å². The zero-order valence-corrected chi connectivity index (χ0v) is 16.2. The Hall–Kier alpha value is -2.49. The maximum absolute atomic E-state index is 14.1. The van der Waals surface area contributed by atoms with Crippen molar-refractivity contribution in [1.29, 1.82) is 0 Å². The number of rotatable bonds is 5. The van der Waals surface area contributed by atoms with E-state index in [1.54, 1.807) is 11.9 Å². The van der Waals surface area contributed by atoms with Crippen molar-refractivity contribution in [2.75, 3.05) is 39.8 Å². The molecule has 2 heterocycles. The molecule has 0 aliphatic carbocycles. The number of amides is 1. The second-order valence-corrected chi connectivity index (χ2v) is 6.81. The summed E-state index contributed by atoms with van der Waals surface area (Å²) in [5.41, 5.74) is 0.00106. The molecule has 0 spiro atoms. The molecule has 0 saturated carbocycles. The number of carbonyl (C=O) groups excluding carboxylic acids is 1. The third-order valence-electron chi connectivity index (χ3n) is 5.02. The first-order valence-electron chi connectivity index (χ1n) is 9.57. The standard InChI is InChI=1S/C19H25F3N4O3/c1-23-19(24-12-13-14(20)4-2-5-15(13)29-18(21)22)26-9-7-25(8-10-26)17(27)16-6-3-11-28-16/h2,4-5,16,18H,3,6-12H2,1H3,(H,23,24). The van der Waals surface area contributed by atoms with E-state index in [1.807, 2.05) is 4.90 Å². The molecule has 29 heavy (non-hydrogen) atoms. The Morgan fingerprint density at radius 3 is 2.66 bits per heavy atom. The van der Waals surface area contributed by atoms with Gasteiger partial charge in [0.2, 0.25) is 0 Å². The van der Waals surface area contributed by atoms with E-state index in [1.165, 1.54) is 18.2 Å². The molecule has 0 aromatic heterocycles. The summed E-state index contributed by atoms with van der Waals surface area (Å²) in [7, 11) is 1.59. The number of hydrogen-bond donors (Lipinski definition) is 1. The SMILES string of the molecule is CN=C(NCc1c(F)cccc1OC(F)F)N1CCN(C(=O)C2CCCO2)CC1. The summed E-state index contributed by atoms with van der Waals surface area (Å²) in [4.78, 5) is 20.3. The van der Waals surface area contributed by atoms with Crippen LogP contribution in [0.1, 0.15) is 18.4 Å². The molecule has 1 atom stereocenters. The minimum absolute atomic E-state index is 0.00106. The molecule has 2 fully saturated rings. The van der Waals surface area contributed by atoms with Gasteiger partial charge in [-0.15, -0.1) is 0 Å². The van der Waals surface area contributed by atoms with Crippen LogP contribution in [0.25, 0.3) is 0 Å². The molecule has 7 nitrogen and oxygen atoms in total. The number of hydrogen-bond acceptors (Lipinski definition) is 4. The molecule has 0 radical (unpaired) electrons. The van der Waals surface area contributed by atoms with Gasteiger partial charge in [0.05, 0.1) is 0 Å². The van der Waals surface area contributed by atoms with E-state index in [4.69, 9.17) is 4.74 Å². The highest BCUT2D eigenvalue weighted by molar-refractivity contribution is 5.82. The maximum atomic E-state index is 14.1. The van der Waals surface area contributed by atoms with Crippen molar-refractivity contribution in [3.8, 4) is 5.75 Å². The van der Waals surface area contributed by atoms with Crippen LogP contribution in [0.5, 0.6) is 5.75 Å². The van der Waals surface area contributed by atoms with Crippen molar-refractivity contribution < 1.29 is 27.4 Å². The second-order valence-electron chi connectivity index (χ2n) is 6.81. The zero-order valence-electron chi connectivity index (χ0n) is 16.2. The first kappa shape index (κ1) is 21.2. The van der Waals surface area contributed by atoms with Gasteiger partial charge in [-0.05, 0) is 25.0 Å². The Bertz CT molecular complexity index is 733. The van der Waals surface area contributed by atoms with Crippen LogP contribution in [0.4, 0.5) is 13.2 Å². The summed E-state index contributed by atoms with van der Waals surface area (Å²) in [5, 5.41) is 2.99. The average Bonchev–Trinajstić information content (AvgIpc) is 3.24. The third kappa shape index (κ3) is 5.31. The fraction of sp³-hybridized carbons (Fsp3) is 0.579.